The van der Waals surface area contributed by atoms with Gasteiger partial charge in [0.2, 0.25) is 11.8 Å². The number of carbonyl (C=O) groups is 4. The maximum Gasteiger partial charge on any atom is 0.261 e. The first-order valence-electron chi connectivity index (χ1n) is 11.6. The average molecular weight is 484 g/mol. The lowest BCUT2D eigenvalue weighted by Crippen LogP contribution is -2.49. The molecule has 180 valence electrons. The van der Waals surface area contributed by atoms with Crippen molar-refractivity contribution in [3.63, 3.8) is 0 Å². The van der Waals surface area contributed by atoms with Gasteiger partial charge in [0.1, 0.15) is 6.04 Å². The third kappa shape index (κ3) is 5.65. The van der Waals surface area contributed by atoms with Gasteiger partial charge in [-0.1, -0.05) is 55.8 Å². The fraction of sp³-hybridized carbons (Fsp3) is 0.385. The zero-order valence-electron chi connectivity index (χ0n) is 19.6. The molecule has 3 rings (SSSR count). The Labute approximate surface area is 205 Å². The van der Waals surface area contributed by atoms with Crippen molar-refractivity contribution >= 4 is 35.2 Å². The quantitative estimate of drug-likeness (QED) is 0.488. The molecule has 4 amide bonds. The van der Waals surface area contributed by atoms with Crippen LogP contribution < -0.4 is 5.32 Å². The van der Waals surface area contributed by atoms with Crippen LogP contribution in [0.1, 0.15) is 65.8 Å². The predicted molar refractivity (Wildman–Crippen MR) is 130 cm³/mol. The number of carbonyl (C=O) groups excluding carboxylic acids is 4. The summed E-state index contributed by atoms with van der Waals surface area (Å²) in [7, 11) is 0. The van der Waals surface area contributed by atoms with E-state index in [4.69, 9.17) is 11.6 Å². The molecular formula is C26H30ClN3O4. The number of hydrogen-bond donors (Lipinski definition) is 1. The highest BCUT2D eigenvalue weighted by Gasteiger charge is 2.35. The number of nitrogens with zero attached hydrogens (tertiary/aromatic N) is 2. The standard InChI is InChI=1S/C26H30ClN3O4/c1-3-15-28-24(32)22(4-2)30(17-18-10-5-8-13-21(18)27)23(31)14-9-16-29-25(33)19-11-6-7-12-20(19)26(29)34/h5-8,10-13,22H,3-4,9,14-17H2,1-2H3,(H,28,32). The lowest BCUT2D eigenvalue weighted by atomic mass is 10.1. The normalized spacial score (nSPS) is 13.6. The lowest BCUT2D eigenvalue weighted by Gasteiger charge is -2.31. The lowest BCUT2D eigenvalue weighted by molar-refractivity contribution is -0.141. The summed E-state index contributed by atoms with van der Waals surface area (Å²) in [5.41, 5.74) is 1.52. The van der Waals surface area contributed by atoms with Gasteiger partial charge < -0.3 is 10.2 Å². The summed E-state index contributed by atoms with van der Waals surface area (Å²) in [6.45, 7) is 4.69. The third-order valence-electron chi connectivity index (χ3n) is 5.88. The van der Waals surface area contributed by atoms with Crippen LogP contribution in [0.4, 0.5) is 0 Å². The molecule has 2 aromatic carbocycles. The van der Waals surface area contributed by atoms with Gasteiger partial charge >= 0.3 is 0 Å². The van der Waals surface area contributed by atoms with E-state index >= 15 is 0 Å². The van der Waals surface area contributed by atoms with Crippen molar-refractivity contribution in [1.82, 2.24) is 15.1 Å². The van der Waals surface area contributed by atoms with Gasteiger partial charge in [-0.2, -0.15) is 0 Å². The Morgan fingerprint density at radius 2 is 1.62 bits per heavy atom. The Kier molecular flexibility index (Phi) is 8.82. The van der Waals surface area contributed by atoms with E-state index in [0.717, 1.165) is 12.0 Å². The fourth-order valence-electron chi connectivity index (χ4n) is 4.07. The van der Waals surface area contributed by atoms with E-state index in [2.05, 4.69) is 5.32 Å². The molecule has 1 aliphatic heterocycles. The van der Waals surface area contributed by atoms with Crippen LogP contribution in [0.15, 0.2) is 48.5 Å². The second-order valence-electron chi connectivity index (χ2n) is 8.24. The largest absolute Gasteiger partial charge is 0.354 e. The molecule has 1 unspecified atom stereocenters. The Hall–Kier alpha value is -3.19. The van der Waals surface area contributed by atoms with Gasteiger partial charge in [0.15, 0.2) is 0 Å². The average Bonchev–Trinajstić information content (AvgIpc) is 3.08. The number of fused-ring (bicyclic) bond motifs is 1. The van der Waals surface area contributed by atoms with Crippen molar-refractivity contribution in [3.8, 4) is 0 Å². The minimum atomic E-state index is -0.644. The third-order valence-corrected chi connectivity index (χ3v) is 6.25. The molecule has 0 radical (unpaired) electrons. The molecule has 0 aromatic heterocycles. The van der Waals surface area contributed by atoms with E-state index in [1.807, 2.05) is 32.0 Å². The van der Waals surface area contributed by atoms with Crippen LogP contribution in [-0.4, -0.2) is 52.6 Å². The summed E-state index contributed by atoms with van der Waals surface area (Å²) in [4.78, 5) is 54.0. The summed E-state index contributed by atoms with van der Waals surface area (Å²) in [5.74, 6) is -1.11. The van der Waals surface area contributed by atoms with Gasteiger partial charge in [-0.3, -0.25) is 24.1 Å². The van der Waals surface area contributed by atoms with E-state index in [1.54, 1.807) is 35.2 Å². The molecule has 1 atom stereocenters. The predicted octanol–water partition coefficient (Wildman–Crippen LogP) is 4.05. The molecule has 0 saturated carbocycles. The smallest absolute Gasteiger partial charge is 0.261 e. The number of halogens is 1. The number of amides is 4. The molecular weight excluding hydrogens is 454 g/mol. The van der Waals surface area contributed by atoms with Crippen molar-refractivity contribution in [2.75, 3.05) is 13.1 Å². The zero-order valence-corrected chi connectivity index (χ0v) is 20.3. The van der Waals surface area contributed by atoms with Crippen molar-refractivity contribution in [1.29, 1.82) is 0 Å². The van der Waals surface area contributed by atoms with Crippen LogP contribution in [0.5, 0.6) is 0 Å². The van der Waals surface area contributed by atoms with Crippen molar-refractivity contribution in [2.24, 2.45) is 0 Å². The van der Waals surface area contributed by atoms with Gasteiger partial charge in [0, 0.05) is 31.1 Å². The maximum atomic E-state index is 13.3. The fourth-order valence-corrected chi connectivity index (χ4v) is 4.27. The minimum absolute atomic E-state index is 0.0927. The molecule has 0 saturated heterocycles. The highest BCUT2D eigenvalue weighted by atomic mass is 35.5. The summed E-state index contributed by atoms with van der Waals surface area (Å²) in [5, 5.41) is 3.40. The van der Waals surface area contributed by atoms with Crippen LogP contribution in [0.2, 0.25) is 5.02 Å². The highest BCUT2D eigenvalue weighted by Crippen LogP contribution is 2.24. The molecule has 7 nitrogen and oxygen atoms in total. The number of imide groups is 1. The Morgan fingerprint density at radius 3 is 2.21 bits per heavy atom. The molecule has 1 N–H and O–H groups in total. The number of nitrogens with one attached hydrogen (secondary N) is 1. The van der Waals surface area contributed by atoms with Crippen LogP contribution in [0, 0.1) is 0 Å². The molecule has 0 spiro atoms. The first kappa shape index (κ1) is 25.4. The minimum Gasteiger partial charge on any atom is -0.354 e. The topological polar surface area (TPSA) is 86.8 Å². The first-order valence-corrected chi connectivity index (χ1v) is 12.0. The van der Waals surface area contributed by atoms with Crippen LogP contribution in [-0.2, 0) is 16.1 Å². The Balaban J connectivity index is 1.71. The SMILES string of the molecule is CCCNC(=O)C(CC)N(Cc1ccccc1Cl)C(=O)CCCN1C(=O)c2ccccc2C1=O. The molecule has 1 heterocycles. The van der Waals surface area contributed by atoms with Gasteiger partial charge in [-0.15, -0.1) is 0 Å². The van der Waals surface area contributed by atoms with Crippen molar-refractivity contribution in [2.45, 2.75) is 52.1 Å². The van der Waals surface area contributed by atoms with E-state index in [0.29, 0.717) is 35.5 Å². The van der Waals surface area contributed by atoms with Gasteiger partial charge in [0.05, 0.1) is 11.1 Å². The van der Waals surface area contributed by atoms with Crippen molar-refractivity contribution < 1.29 is 19.2 Å². The van der Waals surface area contributed by atoms with E-state index in [-0.39, 0.29) is 43.1 Å². The van der Waals surface area contributed by atoms with Gasteiger partial charge in [-0.25, -0.2) is 0 Å². The number of hydrogen-bond acceptors (Lipinski definition) is 4. The second kappa shape index (κ2) is 11.8. The molecule has 1 aliphatic rings. The number of rotatable bonds is 11. The van der Waals surface area contributed by atoms with E-state index < -0.39 is 6.04 Å². The molecule has 0 bridgehead atoms. The zero-order chi connectivity index (χ0) is 24.7. The number of benzene rings is 2. The van der Waals surface area contributed by atoms with Gasteiger partial charge in [0.25, 0.3) is 11.8 Å². The van der Waals surface area contributed by atoms with Crippen molar-refractivity contribution in [3.05, 3.63) is 70.2 Å². The molecule has 2 aromatic rings. The van der Waals surface area contributed by atoms with Crippen LogP contribution in [0.25, 0.3) is 0 Å². The summed E-state index contributed by atoms with van der Waals surface area (Å²) < 4.78 is 0. The highest BCUT2D eigenvalue weighted by molar-refractivity contribution is 6.31. The molecule has 34 heavy (non-hydrogen) atoms. The summed E-state index contributed by atoms with van der Waals surface area (Å²) in [6.07, 6.45) is 1.64. The van der Waals surface area contributed by atoms with Crippen LogP contribution in [0.3, 0.4) is 0 Å². The van der Waals surface area contributed by atoms with Crippen LogP contribution >= 0.6 is 11.6 Å². The molecule has 0 fully saturated rings. The van der Waals surface area contributed by atoms with E-state index in [1.165, 1.54) is 4.90 Å². The monoisotopic (exact) mass is 483 g/mol. The summed E-state index contributed by atoms with van der Waals surface area (Å²) >= 11 is 6.33. The summed E-state index contributed by atoms with van der Waals surface area (Å²) in [6, 6.07) is 13.3. The Morgan fingerprint density at radius 1 is 1.00 bits per heavy atom. The second-order valence-corrected chi connectivity index (χ2v) is 8.65. The van der Waals surface area contributed by atoms with Gasteiger partial charge in [-0.05, 0) is 43.0 Å². The first-order chi connectivity index (χ1) is 16.4. The Bertz CT molecular complexity index is 1040. The van der Waals surface area contributed by atoms with E-state index in [9.17, 15) is 19.2 Å². The maximum absolute atomic E-state index is 13.3. The molecule has 0 aliphatic carbocycles. The molecule has 8 heteroatoms.